The quantitative estimate of drug-likeness (QED) is 0.790. The van der Waals surface area contributed by atoms with E-state index < -0.39 is 0 Å². The second kappa shape index (κ2) is 5.52. The summed E-state index contributed by atoms with van der Waals surface area (Å²) in [6.07, 6.45) is 3.45. The van der Waals surface area contributed by atoms with Gasteiger partial charge in [-0.2, -0.15) is 5.26 Å². The first-order valence-corrected chi connectivity index (χ1v) is 6.57. The summed E-state index contributed by atoms with van der Waals surface area (Å²) < 4.78 is 0. The minimum atomic E-state index is 0.368. The largest absolute Gasteiger partial charge is 0.329 e. The first kappa shape index (κ1) is 12.4. The molecule has 0 atom stereocenters. The van der Waals surface area contributed by atoms with Gasteiger partial charge in [0.15, 0.2) is 0 Å². The van der Waals surface area contributed by atoms with Crippen LogP contribution in [0.25, 0.3) is 0 Å². The summed E-state index contributed by atoms with van der Waals surface area (Å²) in [5, 5.41) is 8.82. The van der Waals surface area contributed by atoms with E-state index in [9.17, 15) is 0 Å². The number of benzene rings is 1. The Bertz CT molecular complexity index is 574. The van der Waals surface area contributed by atoms with Crippen LogP contribution in [0.4, 0.5) is 11.5 Å². The molecule has 0 N–H and O–H groups in total. The molecule has 2 rings (SSSR count). The van der Waals surface area contributed by atoms with Crippen molar-refractivity contribution in [2.24, 2.45) is 0 Å². The molecular formula is C13H12N4S. The number of nitriles is 1. The summed E-state index contributed by atoms with van der Waals surface area (Å²) in [5.41, 5.74) is 1.39. The van der Waals surface area contributed by atoms with Crippen molar-refractivity contribution in [1.29, 1.82) is 5.26 Å². The summed E-state index contributed by atoms with van der Waals surface area (Å²) in [6, 6.07) is 11.9. The van der Waals surface area contributed by atoms with Crippen LogP contribution in [0.15, 0.2) is 41.6 Å². The highest BCUT2D eigenvalue weighted by molar-refractivity contribution is 7.98. The average molecular weight is 256 g/mol. The Morgan fingerprint density at radius 3 is 2.56 bits per heavy atom. The van der Waals surface area contributed by atoms with E-state index in [1.54, 1.807) is 17.8 Å². The maximum atomic E-state index is 8.82. The highest BCUT2D eigenvalue weighted by atomic mass is 32.2. The maximum Gasteiger partial charge on any atom is 0.145 e. The molecule has 0 spiro atoms. The summed E-state index contributed by atoms with van der Waals surface area (Å²) in [6.45, 7) is 0. The van der Waals surface area contributed by atoms with Gasteiger partial charge in [0, 0.05) is 23.7 Å². The molecule has 0 aliphatic heterocycles. The van der Waals surface area contributed by atoms with Gasteiger partial charge in [0.2, 0.25) is 0 Å². The fourth-order valence-corrected chi connectivity index (χ4v) is 1.94. The smallest absolute Gasteiger partial charge is 0.145 e. The molecule has 0 aliphatic rings. The molecule has 0 fully saturated rings. The molecule has 4 nitrogen and oxygen atoms in total. The number of nitrogens with zero attached hydrogens (tertiary/aromatic N) is 4. The summed E-state index contributed by atoms with van der Waals surface area (Å²) in [4.78, 5) is 11.2. The zero-order valence-electron chi connectivity index (χ0n) is 10.2. The first-order chi connectivity index (χ1) is 8.74. The lowest BCUT2D eigenvalue weighted by atomic mass is 10.3. The van der Waals surface area contributed by atoms with Crippen LogP contribution in [0.3, 0.4) is 0 Å². The molecule has 90 valence electrons. The molecule has 0 amide bonds. The number of anilines is 2. The van der Waals surface area contributed by atoms with Gasteiger partial charge in [-0.25, -0.2) is 9.97 Å². The van der Waals surface area contributed by atoms with Crippen molar-refractivity contribution >= 4 is 23.3 Å². The van der Waals surface area contributed by atoms with Crippen LogP contribution >= 0.6 is 11.8 Å². The van der Waals surface area contributed by atoms with Crippen molar-refractivity contribution in [2.75, 3.05) is 18.2 Å². The van der Waals surface area contributed by atoms with Gasteiger partial charge in [-0.1, -0.05) is 0 Å². The molecule has 2 aromatic rings. The van der Waals surface area contributed by atoms with Crippen molar-refractivity contribution in [2.45, 2.75) is 4.90 Å². The van der Waals surface area contributed by atoms with Gasteiger partial charge in [-0.3, -0.25) is 0 Å². The van der Waals surface area contributed by atoms with Crippen molar-refractivity contribution in [3.8, 4) is 6.07 Å². The lowest BCUT2D eigenvalue weighted by Crippen LogP contribution is -2.11. The molecule has 18 heavy (non-hydrogen) atoms. The Kier molecular flexibility index (Phi) is 3.80. The fraction of sp³-hybridized carbons (Fsp3) is 0.154. The molecule has 0 saturated carbocycles. The van der Waals surface area contributed by atoms with E-state index in [1.165, 1.54) is 11.2 Å². The van der Waals surface area contributed by atoms with E-state index in [-0.39, 0.29) is 0 Å². The SMILES string of the molecule is CSc1ccc(N(C)c2cc(C#N)ncn2)cc1. The number of aromatic nitrogens is 2. The summed E-state index contributed by atoms with van der Waals surface area (Å²) in [5.74, 6) is 0.707. The molecule has 0 radical (unpaired) electrons. The Morgan fingerprint density at radius 2 is 1.94 bits per heavy atom. The number of thioether (sulfide) groups is 1. The highest BCUT2D eigenvalue weighted by Crippen LogP contribution is 2.24. The standard InChI is InChI=1S/C13H12N4S/c1-17(11-3-5-12(18-2)6-4-11)13-7-10(8-14)15-9-16-13/h3-7,9H,1-2H3. The molecule has 0 aliphatic carbocycles. The minimum Gasteiger partial charge on any atom is -0.329 e. The first-order valence-electron chi connectivity index (χ1n) is 5.34. The second-order valence-corrected chi connectivity index (χ2v) is 4.51. The third-order valence-electron chi connectivity index (χ3n) is 2.57. The van der Waals surface area contributed by atoms with Crippen LogP contribution in [0.2, 0.25) is 0 Å². The monoisotopic (exact) mass is 256 g/mol. The normalized spacial score (nSPS) is 9.83. The highest BCUT2D eigenvalue weighted by Gasteiger charge is 2.06. The van der Waals surface area contributed by atoms with Gasteiger partial charge in [-0.05, 0) is 30.5 Å². The molecular weight excluding hydrogens is 244 g/mol. The molecule has 1 heterocycles. The van der Waals surface area contributed by atoms with E-state index in [1.807, 2.05) is 36.4 Å². The molecule has 1 aromatic carbocycles. The van der Waals surface area contributed by atoms with E-state index in [0.29, 0.717) is 11.5 Å². The predicted molar refractivity (Wildman–Crippen MR) is 73.0 cm³/mol. The van der Waals surface area contributed by atoms with Crippen LogP contribution in [-0.2, 0) is 0 Å². The zero-order valence-corrected chi connectivity index (χ0v) is 11.0. The third kappa shape index (κ3) is 2.60. The van der Waals surface area contributed by atoms with Crippen molar-refractivity contribution in [3.05, 3.63) is 42.4 Å². The van der Waals surface area contributed by atoms with Crippen molar-refractivity contribution in [3.63, 3.8) is 0 Å². The van der Waals surface area contributed by atoms with Crippen LogP contribution in [0.1, 0.15) is 5.69 Å². The molecule has 0 bridgehead atoms. The van der Waals surface area contributed by atoms with Gasteiger partial charge in [0.1, 0.15) is 23.9 Å². The Labute approximate surface area is 110 Å². The summed E-state index contributed by atoms with van der Waals surface area (Å²) >= 11 is 1.70. The Hall–Kier alpha value is -2.06. The van der Waals surface area contributed by atoms with Gasteiger partial charge in [0.05, 0.1) is 0 Å². The Balaban J connectivity index is 2.29. The molecule has 1 aromatic heterocycles. The van der Waals surface area contributed by atoms with Gasteiger partial charge >= 0.3 is 0 Å². The van der Waals surface area contributed by atoms with Gasteiger partial charge in [0.25, 0.3) is 0 Å². The van der Waals surface area contributed by atoms with Crippen LogP contribution in [-0.4, -0.2) is 23.3 Å². The minimum absolute atomic E-state index is 0.368. The van der Waals surface area contributed by atoms with E-state index in [4.69, 9.17) is 5.26 Å². The van der Waals surface area contributed by atoms with Gasteiger partial charge < -0.3 is 4.90 Å². The molecule has 0 unspecified atom stereocenters. The van der Waals surface area contributed by atoms with Crippen LogP contribution < -0.4 is 4.90 Å². The van der Waals surface area contributed by atoms with E-state index in [0.717, 1.165) is 5.69 Å². The van der Waals surface area contributed by atoms with E-state index in [2.05, 4.69) is 22.1 Å². The lowest BCUT2D eigenvalue weighted by molar-refractivity contribution is 1.06. The van der Waals surface area contributed by atoms with Crippen molar-refractivity contribution in [1.82, 2.24) is 9.97 Å². The number of rotatable bonds is 3. The Morgan fingerprint density at radius 1 is 1.22 bits per heavy atom. The number of hydrogen-bond donors (Lipinski definition) is 0. The van der Waals surface area contributed by atoms with Gasteiger partial charge in [-0.15, -0.1) is 11.8 Å². The summed E-state index contributed by atoms with van der Waals surface area (Å²) in [7, 11) is 1.91. The fourth-order valence-electron chi connectivity index (χ4n) is 1.53. The number of hydrogen-bond acceptors (Lipinski definition) is 5. The topological polar surface area (TPSA) is 52.8 Å². The average Bonchev–Trinajstić information content (AvgIpc) is 2.46. The van der Waals surface area contributed by atoms with Crippen LogP contribution in [0, 0.1) is 11.3 Å². The molecule has 0 saturated heterocycles. The lowest BCUT2D eigenvalue weighted by Gasteiger charge is -2.18. The van der Waals surface area contributed by atoms with E-state index >= 15 is 0 Å². The zero-order chi connectivity index (χ0) is 13.0. The second-order valence-electron chi connectivity index (χ2n) is 3.63. The maximum absolute atomic E-state index is 8.82. The van der Waals surface area contributed by atoms with Crippen molar-refractivity contribution < 1.29 is 0 Å². The third-order valence-corrected chi connectivity index (χ3v) is 3.31. The predicted octanol–water partition coefficient (Wildman–Crippen LogP) is 2.84. The molecule has 5 heteroatoms. The van der Waals surface area contributed by atoms with Crippen LogP contribution in [0.5, 0.6) is 0 Å².